The van der Waals surface area contributed by atoms with Crippen molar-refractivity contribution in [1.29, 1.82) is 0 Å². The molecule has 7 nitrogen and oxygen atoms in total. The number of carbonyl (C=O) groups is 1. The molecule has 2 aliphatic heterocycles. The highest BCUT2D eigenvalue weighted by Gasteiger charge is 2.32. The molecule has 1 aromatic carbocycles. The molecule has 0 unspecified atom stereocenters. The summed E-state index contributed by atoms with van der Waals surface area (Å²) in [6.07, 6.45) is 4.26. The number of nitrogens with one attached hydrogen (secondary N) is 1. The van der Waals surface area contributed by atoms with Gasteiger partial charge in [-0.05, 0) is 55.4 Å². The minimum atomic E-state index is -3.48. The van der Waals surface area contributed by atoms with Gasteiger partial charge in [-0.15, -0.1) is 0 Å². The fraction of sp³-hybridized carbons (Fsp3) is 0.667. The number of piperidine rings is 1. The Morgan fingerprint density at radius 2 is 1.79 bits per heavy atom. The summed E-state index contributed by atoms with van der Waals surface area (Å²) in [5.41, 5.74) is 2.44. The molecule has 160 valence electrons. The number of amides is 1. The number of nitrogens with zero attached hydrogens (tertiary/aromatic N) is 2. The van der Waals surface area contributed by atoms with Crippen molar-refractivity contribution in [3.05, 3.63) is 29.3 Å². The van der Waals surface area contributed by atoms with Gasteiger partial charge in [0.25, 0.3) is 0 Å². The van der Waals surface area contributed by atoms with E-state index in [1.165, 1.54) is 11.1 Å². The average Bonchev–Trinajstić information content (AvgIpc) is 3.22. The summed E-state index contributed by atoms with van der Waals surface area (Å²) in [5.74, 6) is -0.0565. The van der Waals surface area contributed by atoms with Gasteiger partial charge in [-0.2, -0.15) is 4.31 Å². The largest absolute Gasteiger partial charge is 0.379 e. The zero-order valence-electron chi connectivity index (χ0n) is 16.9. The average molecular weight is 422 g/mol. The van der Waals surface area contributed by atoms with E-state index in [9.17, 15) is 13.2 Å². The van der Waals surface area contributed by atoms with Gasteiger partial charge in [-0.1, -0.05) is 6.07 Å². The first-order chi connectivity index (χ1) is 14.0. The second-order valence-corrected chi connectivity index (χ2v) is 10.1. The van der Waals surface area contributed by atoms with Crippen LogP contribution in [0, 0.1) is 5.92 Å². The van der Waals surface area contributed by atoms with Crippen molar-refractivity contribution in [3.63, 3.8) is 0 Å². The molecule has 0 saturated carbocycles. The lowest BCUT2D eigenvalue weighted by Gasteiger charge is -2.31. The SMILES string of the molecule is O=C(NCCN1CCOCC1)C1CCN(S(=O)(=O)c2ccc3c(c2)CCC3)CC1. The van der Waals surface area contributed by atoms with E-state index in [2.05, 4.69) is 10.2 Å². The molecule has 1 N–H and O–H groups in total. The number of morpholine rings is 1. The lowest BCUT2D eigenvalue weighted by molar-refractivity contribution is -0.126. The minimum Gasteiger partial charge on any atom is -0.379 e. The molecule has 0 spiro atoms. The predicted molar refractivity (Wildman–Crippen MR) is 110 cm³/mol. The Labute approximate surface area is 173 Å². The van der Waals surface area contributed by atoms with Crippen molar-refractivity contribution in [3.8, 4) is 0 Å². The maximum absolute atomic E-state index is 13.0. The molecule has 8 heteroatoms. The monoisotopic (exact) mass is 421 g/mol. The number of aryl methyl sites for hydroxylation is 2. The summed E-state index contributed by atoms with van der Waals surface area (Å²) in [6, 6.07) is 5.55. The summed E-state index contributed by atoms with van der Waals surface area (Å²) in [6.45, 7) is 5.61. The number of rotatable bonds is 6. The lowest BCUT2D eigenvalue weighted by Crippen LogP contribution is -2.45. The molecular formula is C21H31N3O4S. The molecular weight excluding hydrogens is 390 g/mol. The van der Waals surface area contributed by atoms with Crippen LogP contribution in [0.3, 0.4) is 0 Å². The highest BCUT2D eigenvalue weighted by molar-refractivity contribution is 7.89. The predicted octanol–water partition coefficient (Wildman–Crippen LogP) is 1.02. The van der Waals surface area contributed by atoms with Crippen LogP contribution in [-0.4, -0.2) is 76.0 Å². The molecule has 0 aromatic heterocycles. The number of hydrogen-bond acceptors (Lipinski definition) is 5. The van der Waals surface area contributed by atoms with Crippen LogP contribution in [0.2, 0.25) is 0 Å². The maximum atomic E-state index is 13.0. The standard InChI is InChI=1S/C21H31N3O4S/c25-21(22-8-11-23-12-14-28-15-13-23)18-6-9-24(10-7-18)29(26,27)20-5-4-17-2-1-3-19(17)16-20/h4-5,16,18H,1-3,6-15H2,(H,22,25). The molecule has 2 saturated heterocycles. The third kappa shape index (κ3) is 4.82. The number of carbonyl (C=O) groups excluding carboxylic acids is 1. The van der Waals surface area contributed by atoms with Gasteiger partial charge in [0.1, 0.15) is 0 Å². The Morgan fingerprint density at radius 3 is 2.55 bits per heavy atom. The van der Waals surface area contributed by atoms with Crippen molar-refractivity contribution in [2.24, 2.45) is 5.92 Å². The third-order valence-corrected chi connectivity index (χ3v) is 8.26. The highest BCUT2D eigenvalue weighted by atomic mass is 32.2. The van der Waals surface area contributed by atoms with Gasteiger partial charge < -0.3 is 10.1 Å². The number of sulfonamides is 1. The van der Waals surface area contributed by atoms with E-state index in [0.717, 1.165) is 52.1 Å². The molecule has 1 amide bonds. The van der Waals surface area contributed by atoms with Crippen LogP contribution in [-0.2, 0) is 32.4 Å². The molecule has 4 rings (SSSR count). The zero-order valence-corrected chi connectivity index (χ0v) is 17.8. The van der Waals surface area contributed by atoms with Crippen LogP contribution >= 0.6 is 0 Å². The molecule has 0 bridgehead atoms. The summed E-state index contributed by atoms with van der Waals surface area (Å²) < 4.78 is 32.9. The molecule has 0 atom stereocenters. The second kappa shape index (κ2) is 9.12. The van der Waals surface area contributed by atoms with Gasteiger partial charge >= 0.3 is 0 Å². The van der Waals surface area contributed by atoms with Gasteiger partial charge in [0.05, 0.1) is 18.1 Å². The fourth-order valence-electron chi connectivity index (χ4n) is 4.52. The van der Waals surface area contributed by atoms with Gasteiger partial charge in [0, 0.05) is 45.2 Å². The Kier molecular flexibility index (Phi) is 6.53. The van der Waals surface area contributed by atoms with Crippen LogP contribution in [0.1, 0.15) is 30.4 Å². The van der Waals surface area contributed by atoms with Crippen LogP contribution in [0.15, 0.2) is 23.1 Å². The molecule has 2 heterocycles. The third-order valence-electron chi connectivity index (χ3n) is 6.36. The molecule has 1 aliphatic carbocycles. The minimum absolute atomic E-state index is 0.0489. The quantitative estimate of drug-likeness (QED) is 0.742. The van der Waals surface area contributed by atoms with E-state index >= 15 is 0 Å². The molecule has 3 aliphatic rings. The van der Waals surface area contributed by atoms with Crippen LogP contribution < -0.4 is 5.32 Å². The lowest BCUT2D eigenvalue weighted by atomic mass is 9.97. The van der Waals surface area contributed by atoms with Crippen molar-refractivity contribution < 1.29 is 17.9 Å². The Morgan fingerprint density at radius 1 is 1.07 bits per heavy atom. The summed E-state index contributed by atoms with van der Waals surface area (Å²) in [5, 5.41) is 3.02. The van der Waals surface area contributed by atoms with Crippen molar-refractivity contribution in [2.45, 2.75) is 37.0 Å². The van der Waals surface area contributed by atoms with E-state index < -0.39 is 10.0 Å². The highest BCUT2D eigenvalue weighted by Crippen LogP contribution is 2.28. The van der Waals surface area contributed by atoms with Gasteiger partial charge in [-0.3, -0.25) is 9.69 Å². The maximum Gasteiger partial charge on any atom is 0.243 e. The summed E-state index contributed by atoms with van der Waals surface area (Å²) >= 11 is 0. The number of benzene rings is 1. The first kappa shape index (κ1) is 20.8. The molecule has 29 heavy (non-hydrogen) atoms. The van der Waals surface area contributed by atoms with Crippen molar-refractivity contribution in [2.75, 3.05) is 52.5 Å². The van der Waals surface area contributed by atoms with E-state index in [1.54, 1.807) is 10.4 Å². The first-order valence-electron chi connectivity index (χ1n) is 10.7. The molecule has 1 aromatic rings. The molecule has 0 radical (unpaired) electrons. The van der Waals surface area contributed by atoms with E-state index in [0.29, 0.717) is 37.4 Å². The summed E-state index contributed by atoms with van der Waals surface area (Å²) in [4.78, 5) is 15.2. The molecule has 2 fully saturated rings. The zero-order chi connectivity index (χ0) is 20.3. The second-order valence-electron chi connectivity index (χ2n) is 8.21. The number of ether oxygens (including phenoxy) is 1. The Hall–Kier alpha value is -1.48. The number of hydrogen-bond donors (Lipinski definition) is 1. The van der Waals surface area contributed by atoms with E-state index in [1.807, 2.05) is 12.1 Å². The van der Waals surface area contributed by atoms with E-state index in [4.69, 9.17) is 4.74 Å². The van der Waals surface area contributed by atoms with Crippen LogP contribution in [0.25, 0.3) is 0 Å². The van der Waals surface area contributed by atoms with Gasteiger partial charge in [-0.25, -0.2) is 8.42 Å². The first-order valence-corrected chi connectivity index (χ1v) is 12.2. The van der Waals surface area contributed by atoms with E-state index in [-0.39, 0.29) is 11.8 Å². The topological polar surface area (TPSA) is 79.0 Å². The van der Waals surface area contributed by atoms with Gasteiger partial charge in [0.15, 0.2) is 0 Å². The van der Waals surface area contributed by atoms with Crippen LogP contribution in [0.5, 0.6) is 0 Å². The number of fused-ring (bicyclic) bond motifs is 1. The summed E-state index contributed by atoms with van der Waals surface area (Å²) in [7, 11) is -3.48. The normalized spacial score (nSPS) is 21.8. The van der Waals surface area contributed by atoms with Crippen molar-refractivity contribution in [1.82, 2.24) is 14.5 Å². The Balaban J connectivity index is 1.26. The smallest absolute Gasteiger partial charge is 0.243 e. The fourth-order valence-corrected chi connectivity index (χ4v) is 6.04. The van der Waals surface area contributed by atoms with Crippen LogP contribution in [0.4, 0.5) is 0 Å². The van der Waals surface area contributed by atoms with Crippen molar-refractivity contribution >= 4 is 15.9 Å². The van der Waals surface area contributed by atoms with Gasteiger partial charge in [0.2, 0.25) is 15.9 Å². The Bertz CT molecular complexity index is 828.